The van der Waals surface area contributed by atoms with Crippen molar-refractivity contribution in [2.75, 3.05) is 19.8 Å². The molecule has 0 saturated carbocycles. The summed E-state index contributed by atoms with van der Waals surface area (Å²) in [6, 6.07) is 3.90. The SMILES string of the molecule is CCOc1ncccc1Cn1cc(C2CCOC2)nn1. The maximum absolute atomic E-state index is 5.52. The fourth-order valence-electron chi connectivity index (χ4n) is 2.33. The Labute approximate surface area is 117 Å². The van der Waals surface area contributed by atoms with Gasteiger partial charge in [0.25, 0.3) is 0 Å². The summed E-state index contributed by atoms with van der Waals surface area (Å²) in [4.78, 5) is 4.25. The average molecular weight is 274 g/mol. The summed E-state index contributed by atoms with van der Waals surface area (Å²) in [6.07, 6.45) is 4.75. The van der Waals surface area contributed by atoms with E-state index in [4.69, 9.17) is 9.47 Å². The predicted molar refractivity (Wildman–Crippen MR) is 72.7 cm³/mol. The zero-order chi connectivity index (χ0) is 13.8. The van der Waals surface area contributed by atoms with Crippen LogP contribution in [0.3, 0.4) is 0 Å². The van der Waals surface area contributed by atoms with Gasteiger partial charge in [0.2, 0.25) is 5.88 Å². The molecule has 1 atom stereocenters. The number of nitrogens with zero attached hydrogens (tertiary/aromatic N) is 4. The van der Waals surface area contributed by atoms with Gasteiger partial charge < -0.3 is 9.47 Å². The standard InChI is InChI=1S/C14H18N4O2/c1-2-20-14-11(4-3-6-15-14)8-18-9-13(16-17-18)12-5-7-19-10-12/h3-4,6,9,12H,2,5,7-8,10H2,1H3. The molecule has 1 saturated heterocycles. The number of pyridine rings is 1. The molecule has 0 amide bonds. The van der Waals surface area contributed by atoms with Crippen molar-refractivity contribution in [3.63, 3.8) is 0 Å². The molecule has 0 N–H and O–H groups in total. The smallest absolute Gasteiger partial charge is 0.218 e. The van der Waals surface area contributed by atoms with Gasteiger partial charge in [0, 0.05) is 30.5 Å². The zero-order valence-corrected chi connectivity index (χ0v) is 11.5. The highest BCUT2D eigenvalue weighted by Crippen LogP contribution is 2.23. The number of rotatable bonds is 5. The topological polar surface area (TPSA) is 62.1 Å². The van der Waals surface area contributed by atoms with E-state index in [2.05, 4.69) is 15.3 Å². The molecule has 1 fully saturated rings. The van der Waals surface area contributed by atoms with Crippen LogP contribution in [0.1, 0.15) is 30.5 Å². The Balaban J connectivity index is 1.74. The van der Waals surface area contributed by atoms with Crippen LogP contribution in [0.5, 0.6) is 5.88 Å². The maximum atomic E-state index is 5.52. The van der Waals surface area contributed by atoms with Gasteiger partial charge in [-0.3, -0.25) is 0 Å². The molecule has 6 heteroatoms. The van der Waals surface area contributed by atoms with Crippen LogP contribution in [0.2, 0.25) is 0 Å². The molecule has 20 heavy (non-hydrogen) atoms. The summed E-state index contributed by atoms with van der Waals surface area (Å²) in [5.41, 5.74) is 2.01. The van der Waals surface area contributed by atoms with Crippen molar-refractivity contribution >= 4 is 0 Å². The minimum absolute atomic E-state index is 0.379. The van der Waals surface area contributed by atoms with Gasteiger partial charge in [0.1, 0.15) is 0 Å². The number of hydrogen-bond donors (Lipinski definition) is 0. The van der Waals surface area contributed by atoms with Crippen molar-refractivity contribution in [3.05, 3.63) is 35.8 Å². The zero-order valence-electron chi connectivity index (χ0n) is 11.5. The van der Waals surface area contributed by atoms with E-state index >= 15 is 0 Å². The maximum Gasteiger partial charge on any atom is 0.218 e. The third-order valence-corrected chi connectivity index (χ3v) is 3.37. The second-order valence-electron chi connectivity index (χ2n) is 4.80. The van der Waals surface area contributed by atoms with Crippen molar-refractivity contribution in [2.45, 2.75) is 25.8 Å². The molecule has 106 valence electrons. The van der Waals surface area contributed by atoms with Crippen molar-refractivity contribution in [1.29, 1.82) is 0 Å². The predicted octanol–water partition coefficient (Wildman–Crippen LogP) is 1.62. The van der Waals surface area contributed by atoms with E-state index in [0.29, 0.717) is 24.9 Å². The number of hydrogen-bond acceptors (Lipinski definition) is 5. The summed E-state index contributed by atoms with van der Waals surface area (Å²) in [5.74, 6) is 1.04. The Hall–Kier alpha value is -1.95. The fourth-order valence-corrected chi connectivity index (χ4v) is 2.33. The van der Waals surface area contributed by atoms with Crippen molar-refractivity contribution < 1.29 is 9.47 Å². The van der Waals surface area contributed by atoms with Crippen LogP contribution in [-0.2, 0) is 11.3 Å². The molecule has 2 aromatic rings. The van der Waals surface area contributed by atoms with Crippen LogP contribution >= 0.6 is 0 Å². The fraction of sp³-hybridized carbons (Fsp3) is 0.500. The van der Waals surface area contributed by atoms with Gasteiger partial charge in [-0.1, -0.05) is 11.3 Å². The van der Waals surface area contributed by atoms with Gasteiger partial charge in [-0.15, -0.1) is 5.10 Å². The highest BCUT2D eigenvalue weighted by atomic mass is 16.5. The largest absolute Gasteiger partial charge is 0.478 e. The molecule has 2 aromatic heterocycles. The first kappa shape index (κ1) is 13.1. The van der Waals surface area contributed by atoms with Gasteiger partial charge in [-0.25, -0.2) is 9.67 Å². The monoisotopic (exact) mass is 274 g/mol. The first-order valence-electron chi connectivity index (χ1n) is 6.91. The van der Waals surface area contributed by atoms with Gasteiger partial charge in [-0.05, 0) is 19.4 Å². The van der Waals surface area contributed by atoms with E-state index < -0.39 is 0 Å². The van der Waals surface area contributed by atoms with Crippen LogP contribution in [0.4, 0.5) is 0 Å². The lowest BCUT2D eigenvalue weighted by molar-refractivity contribution is 0.193. The van der Waals surface area contributed by atoms with Crippen LogP contribution in [0, 0.1) is 0 Å². The van der Waals surface area contributed by atoms with Crippen molar-refractivity contribution in [1.82, 2.24) is 20.0 Å². The lowest BCUT2D eigenvalue weighted by Gasteiger charge is -2.08. The van der Waals surface area contributed by atoms with Crippen LogP contribution in [0.25, 0.3) is 0 Å². The summed E-state index contributed by atoms with van der Waals surface area (Å²) in [6.45, 7) is 4.73. The van der Waals surface area contributed by atoms with Crippen LogP contribution in [-0.4, -0.2) is 39.8 Å². The highest BCUT2D eigenvalue weighted by Gasteiger charge is 2.20. The molecule has 0 aliphatic carbocycles. The molecular weight excluding hydrogens is 256 g/mol. The molecule has 0 spiro atoms. The summed E-state index contributed by atoms with van der Waals surface area (Å²) >= 11 is 0. The molecule has 1 aliphatic rings. The Morgan fingerprint density at radius 1 is 1.50 bits per heavy atom. The van der Waals surface area contributed by atoms with Gasteiger partial charge >= 0.3 is 0 Å². The Bertz CT molecular complexity index is 564. The first-order valence-corrected chi connectivity index (χ1v) is 6.91. The molecule has 0 aromatic carbocycles. The first-order chi connectivity index (χ1) is 9.86. The normalized spacial score (nSPS) is 18.4. The molecule has 0 radical (unpaired) electrons. The van der Waals surface area contributed by atoms with E-state index in [1.165, 1.54) is 0 Å². The summed E-state index contributed by atoms with van der Waals surface area (Å²) in [7, 11) is 0. The van der Waals surface area contributed by atoms with Gasteiger partial charge in [0.15, 0.2) is 0 Å². The van der Waals surface area contributed by atoms with Crippen molar-refractivity contribution in [2.24, 2.45) is 0 Å². The molecule has 1 aliphatic heterocycles. The van der Waals surface area contributed by atoms with E-state index in [9.17, 15) is 0 Å². The quantitative estimate of drug-likeness (QED) is 0.829. The second kappa shape index (κ2) is 6.00. The highest BCUT2D eigenvalue weighted by molar-refractivity contribution is 5.25. The molecule has 6 nitrogen and oxygen atoms in total. The Morgan fingerprint density at radius 3 is 3.25 bits per heavy atom. The van der Waals surface area contributed by atoms with Crippen LogP contribution < -0.4 is 4.74 Å². The van der Waals surface area contributed by atoms with Crippen LogP contribution in [0.15, 0.2) is 24.5 Å². The summed E-state index contributed by atoms with van der Waals surface area (Å²) in [5, 5.41) is 8.43. The molecule has 1 unspecified atom stereocenters. The second-order valence-corrected chi connectivity index (χ2v) is 4.80. The number of ether oxygens (including phenoxy) is 2. The van der Waals surface area contributed by atoms with Crippen molar-refractivity contribution in [3.8, 4) is 5.88 Å². The minimum atomic E-state index is 0.379. The molecular formula is C14H18N4O2. The lowest BCUT2D eigenvalue weighted by Crippen LogP contribution is -2.05. The summed E-state index contributed by atoms with van der Waals surface area (Å²) < 4.78 is 12.7. The van der Waals surface area contributed by atoms with Gasteiger partial charge in [0.05, 0.1) is 25.5 Å². The average Bonchev–Trinajstić information content (AvgIpc) is 3.12. The van der Waals surface area contributed by atoms with E-state index in [0.717, 1.165) is 30.9 Å². The van der Waals surface area contributed by atoms with E-state index in [1.54, 1.807) is 6.20 Å². The number of aromatic nitrogens is 4. The molecule has 3 rings (SSSR count). The Morgan fingerprint density at radius 2 is 2.45 bits per heavy atom. The third kappa shape index (κ3) is 2.80. The Kier molecular flexibility index (Phi) is 3.92. The van der Waals surface area contributed by atoms with E-state index in [-0.39, 0.29) is 0 Å². The third-order valence-electron chi connectivity index (χ3n) is 3.37. The molecule has 3 heterocycles. The van der Waals surface area contributed by atoms with Gasteiger partial charge in [-0.2, -0.15) is 0 Å². The lowest BCUT2D eigenvalue weighted by atomic mass is 10.1. The molecule has 0 bridgehead atoms. The minimum Gasteiger partial charge on any atom is -0.478 e. The van der Waals surface area contributed by atoms with E-state index in [1.807, 2.05) is 29.9 Å².